The summed E-state index contributed by atoms with van der Waals surface area (Å²) in [6.45, 7) is 4.32. The van der Waals surface area contributed by atoms with E-state index in [1.165, 1.54) is 5.56 Å². The van der Waals surface area contributed by atoms with Crippen molar-refractivity contribution in [3.8, 4) is 11.8 Å². The Morgan fingerprint density at radius 1 is 1.40 bits per heavy atom. The number of fused-ring (bicyclic) bond motifs is 1. The molecule has 1 N–H and O–H groups in total. The first-order valence-electron chi connectivity index (χ1n) is 7.67. The maximum Gasteiger partial charge on any atom is 0.119 e. The van der Waals surface area contributed by atoms with Crippen molar-refractivity contribution in [2.45, 2.75) is 51.5 Å². The number of nitriles is 1. The zero-order valence-electron chi connectivity index (χ0n) is 12.3. The van der Waals surface area contributed by atoms with Gasteiger partial charge < -0.3 is 10.0 Å². The number of aromatic hydroxyl groups is 1. The second-order valence-corrected chi connectivity index (χ2v) is 5.61. The number of hydrogen-bond acceptors (Lipinski definition) is 3. The summed E-state index contributed by atoms with van der Waals surface area (Å²) in [5.41, 5.74) is 2.43. The number of hydrogen-bond donors (Lipinski definition) is 1. The van der Waals surface area contributed by atoms with E-state index < -0.39 is 0 Å². The lowest BCUT2D eigenvalue weighted by atomic mass is 9.86. The van der Waals surface area contributed by atoms with Crippen molar-refractivity contribution in [1.82, 2.24) is 4.90 Å². The van der Waals surface area contributed by atoms with E-state index in [0.717, 1.165) is 50.8 Å². The molecule has 1 aliphatic carbocycles. The molecule has 1 aromatic rings. The van der Waals surface area contributed by atoms with Crippen molar-refractivity contribution in [2.75, 3.05) is 13.1 Å². The standard InChI is InChI=1S/C17H24N2O/c1-2-11-19(12-4-3-10-18)15-8-9-16-14(13-15)6-5-7-17(16)20/h5-7,15,20H,2-4,8-9,11-13H2,1H3/t15-/m0/s1. The average Bonchev–Trinajstić information content (AvgIpc) is 2.46. The predicted octanol–water partition coefficient (Wildman–Crippen LogP) is 3.27. The van der Waals surface area contributed by atoms with Crippen molar-refractivity contribution in [3.05, 3.63) is 29.3 Å². The van der Waals surface area contributed by atoms with Crippen LogP contribution in [0.1, 0.15) is 43.7 Å². The molecule has 0 fully saturated rings. The molecule has 0 spiro atoms. The maximum atomic E-state index is 9.91. The van der Waals surface area contributed by atoms with Crippen LogP contribution in [0.4, 0.5) is 0 Å². The number of unbranched alkanes of at least 4 members (excludes halogenated alkanes) is 1. The lowest BCUT2D eigenvalue weighted by molar-refractivity contribution is 0.177. The minimum absolute atomic E-state index is 0.451. The molecule has 0 saturated carbocycles. The summed E-state index contributed by atoms with van der Waals surface area (Å²) in [7, 11) is 0. The largest absolute Gasteiger partial charge is 0.508 e. The van der Waals surface area contributed by atoms with E-state index in [-0.39, 0.29) is 0 Å². The fourth-order valence-electron chi connectivity index (χ4n) is 3.20. The molecule has 20 heavy (non-hydrogen) atoms. The highest BCUT2D eigenvalue weighted by Crippen LogP contribution is 2.30. The van der Waals surface area contributed by atoms with Crippen molar-refractivity contribution in [2.24, 2.45) is 0 Å². The van der Waals surface area contributed by atoms with Gasteiger partial charge in [-0.3, -0.25) is 0 Å². The second kappa shape index (κ2) is 7.31. The van der Waals surface area contributed by atoms with Crippen LogP contribution in [0.25, 0.3) is 0 Å². The van der Waals surface area contributed by atoms with Crippen LogP contribution in [0.15, 0.2) is 18.2 Å². The Hall–Kier alpha value is -1.53. The summed E-state index contributed by atoms with van der Waals surface area (Å²) < 4.78 is 0. The molecular formula is C17H24N2O. The first kappa shape index (κ1) is 14.9. The zero-order chi connectivity index (χ0) is 14.4. The van der Waals surface area contributed by atoms with E-state index in [2.05, 4.69) is 24.0 Å². The molecule has 3 heteroatoms. The van der Waals surface area contributed by atoms with Crippen LogP contribution in [-0.4, -0.2) is 29.1 Å². The summed E-state index contributed by atoms with van der Waals surface area (Å²) >= 11 is 0. The van der Waals surface area contributed by atoms with Crippen LogP contribution in [0.5, 0.6) is 5.75 Å². The molecule has 108 valence electrons. The highest BCUT2D eigenvalue weighted by atomic mass is 16.3. The molecule has 0 radical (unpaired) electrons. The van der Waals surface area contributed by atoms with Gasteiger partial charge >= 0.3 is 0 Å². The fraction of sp³-hybridized carbons (Fsp3) is 0.588. The van der Waals surface area contributed by atoms with Crippen molar-refractivity contribution >= 4 is 0 Å². The van der Waals surface area contributed by atoms with Crippen LogP contribution < -0.4 is 0 Å². The smallest absolute Gasteiger partial charge is 0.119 e. The molecule has 0 bridgehead atoms. The van der Waals surface area contributed by atoms with Gasteiger partial charge in [0.05, 0.1) is 6.07 Å². The Kier molecular flexibility index (Phi) is 5.43. The maximum absolute atomic E-state index is 9.91. The van der Waals surface area contributed by atoms with Gasteiger partial charge in [-0.2, -0.15) is 5.26 Å². The predicted molar refractivity (Wildman–Crippen MR) is 80.6 cm³/mol. The topological polar surface area (TPSA) is 47.3 Å². The number of phenols is 1. The molecule has 2 rings (SSSR count). The van der Waals surface area contributed by atoms with Crippen LogP contribution in [0.3, 0.4) is 0 Å². The highest BCUT2D eigenvalue weighted by Gasteiger charge is 2.24. The SMILES string of the molecule is CCCN(CCCC#N)[C@H]1CCc2c(O)cccc2C1. The van der Waals surface area contributed by atoms with Crippen LogP contribution in [-0.2, 0) is 12.8 Å². The molecule has 0 aromatic heterocycles. The van der Waals surface area contributed by atoms with Gasteiger partial charge in [0.25, 0.3) is 0 Å². The minimum Gasteiger partial charge on any atom is -0.508 e. The molecule has 0 amide bonds. The number of nitrogens with zero attached hydrogens (tertiary/aromatic N) is 2. The molecule has 3 nitrogen and oxygen atoms in total. The molecule has 1 aromatic carbocycles. The normalized spacial score (nSPS) is 17.8. The number of rotatable bonds is 6. The number of benzene rings is 1. The van der Waals surface area contributed by atoms with E-state index >= 15 is 0 Å². The van der Waals surface area contributed by atoms with Gasteiger partial charge in [0.15, 0.2) is 0 Å². The van der Waals surface area contributed by atoms with E-state index in [0.29, 0.717) is 18.2 Å². The molecule has 0 unspecified atom stereocenters. The summed E-state index contributed by atoms with van der Waals surface area (Å²) in [6.07, 6.45) is 5.85. The highest BCUT2D eigenvalue weighted by molar-refractivity contribution is 5.41. The van der Waals surface area contributed by atoms with Gasteiger partial charge in [-0.25, -0.2) is 0 Å². The molecule has 0 aliphatic heterocycles. The van der Waals surface area contributed by atoms with Crippen molar-refractivity contribution in [3.63, 3.8) is 0 Å². The van der Waals surface area contributed by atoms with Crippen molar-refractivity contribution in [1.29, 1.82) is 5.26 Å². The van der Waals surface area contributed by atoms with Gasteiger partial charge in [-0.05, 0) is 62.4 Å². The lowest BCUT2D eigenvalue weighted by Crippen LogP contribution is -2.40. The third kappa shape index (κ3) is 3.52. The molecule has 0 saturated heterocycles. The molecule has 1 aliphatic rings. The van der Waals surface area contributed by atoms with E-state index in [4.69, 9.17) is 5.26 Å². The van der Waals surface area contributed by atoms with Crippen LogP contribution >= 0.6 is 0 Å². The molecular weight excluding hydrogens is 248 g/mol. The monoisotopic (exact) mass is 272 g/mol. The van der Waals surface area contributed by atoms with Gasteiger partial charge in [-0.1, -0.05) is 19.1 Å². The van der Waals surface area contributed by atoms with Gasteiger partial charge in [-0.15, -0.1) is 0 Å². The first-order valence-corrected chi connectivity index (χ1v) is 7.67. The van der Waals surface area contributed by atoms with E-state index in [1.807, 2.05) is 6.07 Å². The van der Waals surface area contributed by atoms with Gasteiger partial charge in [0.1, 0.15) is 5.75 Å². The quantitative estimate of drug-likeness (QED) is 0.809. The molecule has 0 heterocycles. The third-order valence-electron chi connectivity index (χ3n) is 4.19. The van der Waals surface area contributed by atoms with E-state index in [9.17, 15) is 5.11 Å². The van der Waals surface area contributed by atoms with Crippen LogP contribution in [0, 0.1) is 11.3 Å². The Bertz CT molecular complexity index is 478. The Morgan fingerprint density at radius 3 is 3.00 bits per heavy atom. The second-order valence-electron chi connectivity index (χ2n) is 5.61. The summed E-state index contributed by atoms with van der Waals surface area (Å²) in [5, 5.41) is 18.6. The summed E-state index contributed by atoms with van der Waals surface area (Å²) in [4.78, 5) is 2.53. The zero-order valence-corrected chi connectivity index (χ0v) is 12.3. The third-order valence-corrected chi connectivity index (χ3v) is 4.19. The Morgan fingerprint density at radius 2 is 2.25 bits per heavy atom. The first-order chi connectivity index (χ1) is 9.76. The van der Waals surface area contributed by atoms with Gasteiger partial charge in [0, 0.05) is 12.5 Å². The lowest BCUT2D eigenvalue weighted by Gasteiger charge is -2.35. The van der Waals surface area contributed by atoms with Crippen LogP contribution in [0.2, 0.25) is 0 Å². The summed E-state index contributed by atoms with van der Waals surface area (Å²) in [6, 6.07) is 8.66. The summed E-state index contributed by atoms with van der Waals surface area (Å²) in [5.74, 6) is 0.451. The van der Waals surface area contributed by atoms with E-state index in [1.54, 1.807) is 6.07 Å². The Labute approximate surface area is 121 Å². The fourth-order valence-corrected chi connectivity index (χ4v) is 3.20. The average molecular weight is 272 g/mol. The minimum atomic E-state index is 0.451. The van der Waals surface area contributed by atoms with Crippen molar-refractivity contribution < 1.29 is 5.11 Å². The van der Waals surface area contributed by atoms with Gasteiger partial charge in [0.2, 0.25) is 0 Å². The molecule has 1 atom stereocenters. The number of phenolic OH excluding ortho intramolecular Hbond substituents is 1. The Balaban J connectivity index is 2.03.